The molecule has 0 saturated heterocycles. The summed E-state index contributed by atoms with van der Waals surface area (Å²) in [6.45, 7) is 18.9. The maximum atomic E-state index is 10.6. The molecule has 1 aliphatic rings. The van der Waals surface area contributed by atoms with Crippen LogP contribution in [0.4, 0.5) is 0 Å². The third-order valence-electron chi connectivity index (χ3n) is 5.98. The van der Waals surface area contributed by atoms with Gasteiger partial charge in [0.25, 0.3) is 0 Å². The summed E-state index contributed by atoms with van der Waals surface area (Å²) in [7, 11) is 0. The molecule has 0 bridgehead atoms. The summed E-state index contributed by atoms with van der Waals surface area (Å²) < 4.78 is 26.1. The molecule has 3 nitrogen and oxygen atoms in total. The number of aliphatic imine (C=N–C) groups is 1. The summed E-state index contributed by atoms with van der Waals surface area (Å²) in [5.41, 5.74) is 2.13. The third kappa shape index (κ3) is 8.01. The first-order valence-corrected chi connectivity index (χ1v) is 12.9. The van der Waals surface area contributed by atoms with Gasteiger partial charge in [0.05, 0.1) is 1.37 Å². The van der Waals surface area contributed by atoms with Crippen LogP contribution in [0.15, 0.2) is 103 Å². The Morgan fingerprint density at radius 2 is 2.03 bits per heavy atom. The Labute approximate surface area is 249 Å². The fourth-order valence-electron chi connectivity index (χ4n) is 3.57. The fraction of sp³-hybridized carbons (Fsp3) is 0.242. The van der Waals surface area contributed by atoms with Crippen molar-refractivity contribution in [2.75, 3.05) is 0 Å². The molecule has 0 N–H and O–H groups in total. The smallest absolute Gasteiger partial charge is 0.855 e. The molecule has 4 rings (SSSR count). The van der Waals surface area contributed by atoms with Gasteiger partial charge in [-0.05, 0) is 46.0 Å². The van der Waals surface area contributed by atoms with Gasteiger partial charge in [-0.1, -0.05) is 57.4 Å². The molecular formula is C33H34IrN3S. The van der Waals surface area contributed by atoms with Gasteiger partial charge < -0.3 is 10.4 Å². The van der Waals surface area contributed by atoms with E-state index in [1.54, 1.807) is 44.5 Å². The molecule has 3 heterocycles. The van der Waals surface area contributed by atoms with E-state index in [2.05, 4.69) is 61.8 Å². The van der Waals surface area contributed by atoms with Gasteiger partial charge in [-0.25, -0.2) is 5.71 Å². The molecule has 0 spiro atoms. The zero-order valence-electron chi connectivity index (χ0n) is 25.3. The third-order valence-corrected chi connectivity index (χ3v) is 7.18. The number of pyridine rings is 1. The van der Waals surface area contributed by atoms with Crippen molar-refractivity contribution in [3.63, 3.8) is 0 Å². The molecule has 0 fully saturated rings. The van der Waals surface area contributed by atoms with Crippen molar-refractivity contribution in [3.8, 4) is 0 Å². The maximum Gasteiger partial charge on any atom is 3.00 e. The van der Waals surface area contributed by atoms with Crippen LogP contribution in [0.5, 0.6) is 0 Å². The molecule has 5 heteroatoms. The summed E-state index contributed by atoms with van der Waals surface area (Å²) >= 11 is 1.48. The topological polar surface area (TPSA) is 47.5 Å². The SMILES string of the molecule is C=CC=[C-]C(=C)C1=NC=CC(C(C)C)C1.[2H]/C(C(=C)C([2H])(C)C)=C(\[2H])C(=[N-])c1[c-]ccc2c1sc1ccncc12.[Ir+3]. The molecule has 2 aromatic heterocycles. The number of allylic oxidation sites excluding steroid dienone is 8. The van der Waals surface area contributed by atoms with Crippen molar-refractivity contribution in [1.82, 2.24) is 4.98 Å². The van der Waals surface area contributed by atoms with Gasteiger partial charge in [0.1, 0.15) is 0 Å². The van der Waals surface area contributed by atoms with E-state index in [1.807, 2.05) is 18.3 Å². The molecular weight excluding hydrogens is 663 g/mol. The molecule has 38 heavy (non-hydrogen) atoms. The van der Waals surface area contributed by atoms with E-state index in [0.29, 0.717) is 17.4 Å². The Bertz CT molecular complexity index is 1590. The Morgan fingerprint density at radius 3 is 2.71 bits per heavy atom. The van der Waals surface area contributed by atoms with Crippen molar-refractivity contribution in [3.05, 3.63) is 121 Å². The van der Waals surface area contributed by atoms with E-state index in [-0.39, 0.29) is 43.5 Å². The van der Waals surface area contributed by atoms with E-state index in [1.165, 1.54) is 11.3 Å². The van der Waals surface area contributed by atoms with Gasteiger partial charge in [0, 0.05) is 26.0 Å². The Hall–Kier alpha value is -2.98. The molecule has 3 aromatic rings. The summed E-state index contributed by atoms with van der Waals surface area (Å²) in [4.78, 5) is 8.48. The molecule has 0 radical (unpaired) electrons. The van der Waals surface area contributed by atoms with Crippen LogP contribution in [0.1, 0.15) is 43.8 Å². The monoisotopic (exact) mass is 700 g/mol. The van der Waals surface area contributed by atoms with E-state index >= 15 is 0 Å². The number of hydrogen-bond donors (Lipinski definition) is 0. The van der Waals surface area contributed by atoms with E-state index in [4.69, 9.17) is 4.11 Å². The van der Waals surface area contributed by atoms with Crippen LogP contribution >= 0.6 is 11.3 Å². The minimum absolute atomic E-state index is 0. The molecule has 1 unspecified atom stereocenters. The summed E-state index contributed by atoms with van der Waals surface area (Å²) in [5, 5.41) is 12.5. The van der Waals surface area contributed by atoms with Crippen LogP contribution in [0.2, 0.25) is 0 Å². The van der Waals surface area contributed by atoms with Crippen molar-refractivity contribution >= 4 is 42.9 Å². The predicted molar refractivity (Wildman–Crippen MR) is 163 cm³/mol. The molecule has 0 saturated carbocycles. The van der Waals surface area contributed by atoms with Gasteiger partial charge in [-0.15, -0.1) is 54.6 Å². The first kappa shape index (κ1) is 26.6. The van der Waals surface area contributed by atoms with Gasteiger partial charge in [0.15, 0.2) is 0 Å². The molecule has 0 amide bonds. The van der Waals surface area contributed by atoms with Crippen LogP contribution in [-0.4, -0.2) is 16.4 Å². The Balaban J connectivity index is 0.000000317. The van der Waals surface area contributed by atoms with Crippen LogP contribution in [0.25, 0.3) is 25.6 Å². The van der Waals surface area contributed by atoms with Crippen molar-refractivity contribution < 1.29 is 24.2 Å². The van der Waals surface area contributed by atoms with Gasteiger partial charge in [0.2, 0.25) is 0 Å². The standard InChI is InChI=1S/C19H16N2S.C14H18N.Ir/c1-12(2)13(3)7-8-17(20)15-6-4-5-14-16-11-21-10-9-18(16)22-19(14)15;1-5-6-7-12(4)14-10-13(11(2)3)8-9-15-14;/h4-5,7-12H,3H2,1-2H3;5-6,8-9,11,13H,1,4,10H2,2-3H3;/q-2;-1;+3/b8-7-;;/i7D,8D,12D;;. The fourth-order valence-corrected chi connectivity index (χ4v) is 4.74. The average Bonchev–Trinajstić information content (AvgIpc) is 3.33. The van der Waals surface area contributed by atoms with Crippen LogP contribution in [-0.2, 0) is 20.1 Å². The first-order valence-electron chi connectivity index (χ1n) is 13.6. The number of hydrogen-bond acceptors (Lipinski definition) is 3. The quantitative estimate of drug-likeness (QED) is 0.132. The second-order valence-electron chi connectivity index (χ2n) is 9.20. The van der Waals surface area contributed by atoms with E-state index < -0.39 is 5.89 Å². The molecule has 1 atom stereocenters. The van der Waals surface area contributed by atoms with Crippen LogP contribution in [0.3, 0.4) is 0 Å². The zero-order valence-corrected chi connectivity index (χ0v) is 25.5. The zero-order chi connectivity index (χ0) is 29.6. The average molecular weight is 700 g/mol. The van der Waals surface area contributed by atoms with Crippen molar-refractivity contribution in [1.29, 1.82) is 0 Å². The molecule has 196 valence electrons. The van der Waals surface area contributed by atoms with E-state index in [0.717, 1.165) is 37.9 Å². The molecule has 1 aromatic carbocycles. The Kier molecular flexibility index (Phi) is 10.4. The minimum Gasteiger partial charge on any atom is -0.855 e. The number of aromatic nitrogens is 1. The first-order chi connectivity index (χ1) is 18.9. The Morgan fingerprint density at radius 1 is 1.26 bits per heavy atom. The van der Waals surface area contributed by atoms with Crippen LogP contribution < -0.4 is 0 Å². The second-order valence-corrected chi connectivity index (χ2v) is 10.3. The number of fused-ring (bicyclic) bond motifs is 3. The molecule has 1 aliphatic heterocycles. The summed E-state index contributed by atoms with van der Waals surface area (Å²) in [6.07, 6.45) is 15.0. The normalized spacial score (nSPS) is 16.9. The number of rotatable bonds is 8. The largest absolute Gasteiger partial charge is 3.00 e. The summed E-state index contributed by atoms with van der Waals surface area (Å²) in [5.74, 6) is 0.116. The number of nitrogens with zero attached hydrogens (tertiary/aromatic N) is 3. The maximum absolute atomic E-state index is 10.6. The van der Waals surface area contributed by atoms with E-state index in [9.17, 15) is 5.41 Å². The second kappa shape index (κ2) is 14.8. The molecule has 0 aliphatic carbocycles. The predicted octanol–water partition coefficient (Wildman–Crippen LogP) is 9.09. The van der Waals surface area contributed by atoms with Gasteiger partial charge in [-0.2, -0.15) is 23.5 Å². The summed E-state index contributed by atoms with van der Waals surface area (Å²) in [6, 6.07) is 7.86. The number of benzene rings is 1. The van der Waals surface area contributed by atoms with Gasteiger partial charge >= 0.3 is 20.1 Å². The van der Waals surface area contributed by atoms with Crippen molar-refractivity contribution in [2.24, 2.45) is 22.7 Å². The van der Waals surface area contributed by atoms with Gasteiger partial charge in [-0.3, -0.25) is 4.98 Å². The van der Waals surface area contributed by atoms with Crippen molar-refractivity contribution in [2.45, 2.75) is 34.1 Å². The number of thiophene rings is 1. The van der Waals surface area contributed by atoms with Crippen LogP contribution in [0, 0.1) is 29.9 Å². The minimum atomic E-state index is -1.09.